The Morgan fingerprint density at radius 2 is 1.05 bits per heavy atom. The summed E-state index contributed by atoms with van der Waals surface area (Å²) in [6.45, 7) is 0. The van der Waals surface area contributed by atoms with Gasteiger partial charge in [-0.1, -0.05) is 152 Å². The van der Waals surface area contributed by atoms with Gasteiger partial charge in [-0.3, -0.25) is 4.57 Å². The molecule has 0 saturated carbocycles. The van der Waals surface area contributed by atoms with Crippen molar-refractivity contribution >= 4 is 86.0 Å². The molecule has 0 spiro atoms. The standard InChI is InChI=1S/C50H30N4S/c1-3-15-32(16-4-1)45-39-21-9-11-24-42(39)51-50(52-45)54-44-30-33(36-23-13-17-31-14-7-8-20-35(31)36)26-27-37(44)38-28-29-41-47-48(55-49(41)46(38)54)40-22-10-12-25-43(40)53(47)34-18-5-2-6-19-34/h1-30H. The van der Waals surface area contributed by atoms with Crippen LogP contribution in [0.15, 0.2) is 182 Å². The summed E-state index contributed by atoms with van der Waals surface area (Å²) in [6, 6.07) is 65.1. The summed E-state index contributed by atoms with van der Waals surface area (Å²) in [4.78, 5) is 10.9. The van der Waals surface area contributed by atoms with Crippen molar-refractivity contribution in [2.75, 3.05) is 0 Å². The van der Waals surface area contributed by atoms with Crippen LogP contribution >= 0.6 is 11.3 Å². The SMILES string of the molecule is c1ccc(-c2nc(-n3c4cc(-c5cccc6ccccc56)ccc4c4ccc5c(sc6c7ccccc7n(-c7ccccc7)c56)c43)nc3ccccc23)cc1. The van der Waals surface area contributed by atoms with Crippen molar-refractivity contribution in [2.24, 2.45) is 0 Å². The van der Waals surface area contributed by atoms with Gasteiger partial charge >= 0.3 is 0 Å². The molecule has 0 radical (unpaired) electrons. The maximum atomic E-state index is 5.48. The molecule has 4 heterocycles. The van der Waals surface area contributed by atoms with Crippen molar-refractivity contribution in [1.29, 1.82) is 0 Å². The summed E-state index contributed by atoms with van der Waals surface area (Å²) in [7, 11) is 0. The zero-order valence-corrected chi connectivity index (χ0v) is 30.3. The molecule has 8 aromatic carbocycles. The van der Waals surface area contributed by atoms with Gasteiger partial charge in [-0.05, 0) is 52.2 Å². The van der Waals surface area contributed by atoms with Gasteiger partial charge in [0.25, 0.3) is 0 Å². The molecular weight excluding hydrogens is 689 g/mol. The van der Waals surface area contributed by atoms with E-state index in [1.165, 1.54) is 58.3 Å². The summed E-state index contributed by atoms with van der Waals surface area (Å²) >= 11 is 1.87. The number of fused-ring (bicyclic) bond motifs is 11. The summed E-state index contributed by atoms with van der Waals surface area (Å²) in [6.07, 6.45) is 0. The molecule has 0 N–H and O–H groups in total. The quantitative estimate of drug-likeness (QED) is 0.182. The Bertz CT molecular complexity index is 3480. The van der Waals surface area contributed by atoms with Crippen LogP contribution in [0.25, 0.3) is 109 Å². The van der Waals surface area contributed by atoms with Gasteiger partial charge in [-0.2, -0.15) is 0 Å². The monoisotopic (exact) mass is 718 g/mol. The molecule has 0 aliphatic heterocycles. The predicted octanol–water partition coefficient (Wildman–Crippen LogP) is 13.5. The molecule has 12 rings (SSSR count). The average molecular weight is 719 g/mol. The second-order valence-electron chi connectivity index (χ2n) is 14.2. The minimum Gasteiger partial charge on any atom is -0.308 e. The van der Waals surface area contributed by atoms with Gasteiger partial charge in [0.1, 0.15) is 0 Å². The number of nitrogens with zero attached hydrogens (tertiary/aromatic N) is 4. The van der Waals surface area contributed by atoms with Crippen LogP contribution in [0.5, 0.6) is 0 Å². The molecule has 0 aliphatic rings. The Labute approximate surface area is 319 Å². The van der Waals surface area contributed by atoms with E-state index < -0.39 is 0 Å². The number of para-hydroxylation sites is 3. The molecule has 0 fully saturated rings. The Morgan fingerprint density at radius 3 is 1.93 bits per heavy atom. The van der Waals surface area contributed by atoms with E-state index in [4.69, 9.17) is 9.97 Å². The van der Waals surface area contributed by atoms with Crippen molar-refractivity contribution in [3.05, 3.63) is 182 Å². The van der Waals surface area contributed by atoms with Gasteiger partial charge in [-0.15, -0.1) is 11.3 Å². The zero-order valence-electron chi connectivity index (χ0n) is 29.5. The number of aromatic nitrogens is 4. The minimum absolute atomic E-state index is 0.661. The molecule has 0 amide bonds. The van der Waals surface area contributed by atoms with Gasteiger partial charge < -0.3 is 4.57 Å². The number of benzene rings is 8. The van der Waals surface area contributed by atoms with Crippen LogP contribution in [0.2, 0.25) is 0 Å². The highest BCUT2D eigenvalue weighted by atomic mass is 32.1. The molecule has 0 unspecified atom stereocenters. The first-order valence-electron chi connectivity index (χ1n) is 18.6. The second kappa shape index (κ2) is 11.7. The lowest BCUT2D eigenvalue weighted by Crippen LogP contribution is -2.03. The van der Waals surface area contributed by atoms with Crippen LogP contribution in [-0.2, 0) is 0 Å². The normalized spacial score (nSPS) is 12.0. The fraction of sp³-hybridized carbons (Fsp3) is 0. The fourth-order valence-corrected chi connectivity index (χ4v) is 10.1. The van der Waals surface area contributed by atoms with Crippen LogP contribution in [0.1, 0.15) is 0 Å². The van der Waals surface area contributed by atoms with Crippen molar-refractivity contribution in [3.8, 4) is 34.0 Å². The Morgan fingerprint density at radius 1 is 0.400 bits per heavy atom. The number of rotatable bonds is 4. The highest BCUT2D eigenvalue weighted by Crippen LogP contribution is 2.47. The van der Waals surface area contributed by atoms with E-state index >= 15 is 0 Å². The smallest absolute Gasteiger partial charge is 0.235 e. The molecule has 5 heteroatoms. The van der Waals surface area contributed by atoms with Crippen molar-refractivity contribution in [2.45, 2.75) is 0 Å². The van der Waals surface area contributed by atoms with Gasteiger partial charge in [0.15, 0.2) is 0 Å². The number of hydrogen-bond acceptors (Lipinski definition) is 3. The molecule has 0 bridgehead atoms. The molecule has 0 saturated heterocycles. The van der Waals surface area contributed by atoms with E-state index in [2.05, 4.69) is 191 Å². The van der Waals surface area contributed by atoms with E-state index in [0.717, 1.165) is 44.4 Å². The molecule has 0 atom stereocenters. The van der Waals surface area contributed by atoms with Gasteiger partial charge in [0.2, 0.25) is 5.95 Å². The van der Waals surface area contributed by atoms with Gasteiger partial charge in [-0.25, -0.2) is 9.97 Å². The van der Waals surface area contributed by atoms with Gasteiger partial charge in [0, 0.05) is 38.2 Å². The van der Waals surface area contributed by atoms with E-state index in [1.807, 2.05) is 11.3 Å². The maximum Gasteiger partial charge on any atom is 0.235 e. The summed E-state index contributed by atoms with van der Waals surface area (Å²) in [5, 5.41) is 8.32. The van der Waals surface area contributed by atoms with Crippen LogP contribution in [0.4, 0.5) is 0 Å². The summed E-state index contributed by atoms with van der Waals surface area (Å²) < 4.78 is 7.27. The third kappa shape index (κ3) is 4.45. The van der Waals surface area contributed by atoms with E-state index in [1.54, 1.807) is 0 Å². The molecule has 0 aliphatic carbocycles. The topological polar surface area (TPSA) is 35.6 Å². The molecule has 12 aromatic rings. The molecule has 4 aromatic heterocycles. The minimum atomic E-state index is 0.661. The lowest BCUT2D eigenvalue weighted by Gasteiger charge is -2.13. The maximum absolute atomic E-state index is 5.48. The summed E-state index contributed by atoms with van der Waals surface area (Å²) in [5.74, 6) is 0.661. The van der Waals surface area contributed by atoms with Gasteiger partial charge in [0.05, 0.1) is 42.7 Å². The lowest BCUT2D eigenvalue weighted by atomic mass is 9.97. The van der Waals surface area contributed by atoms with E-state index in [0.29, 0.717) is 5.95 Å². The largest absolute Gasteiger partial charge is 0.308 e. The third-order valence-corrected chi connectivity index (χ3v) is 12.4. The first-order valence-corrected chi connectivity index (χ1v) is 19.4. The van der Waals surface area contributed by atoms with Crippen molar-refractivity contribution < 1.29 is 0 Å². The lowest BCUT2D eigenvalue weighted by molar-refractivity contribution is 1.02. The van der Waals surface area contributed by atoms with Crippen LogP contribution < -0.4 is 0 Å². The van der Waals surface area contributed by atoms with Crippen LogP contribution in [0.3, 0.4) is 0 Å². The highest BCUT2D eigenvalue weighted by Gasteiger charge is 2.24. The fourth-order valence-electron chi connectivity index (χ4n) is 8.70. The summed E-state index contributed by atoms with van der Waals surface area (Å²) in [5.41, 5.74) is 11.1. The van der Waals surface area contributed by atoms with E-state index in [9.17, 15) is 0 Å². The molecule has 256 valence electrons. The molecular formula is C50H30N4S. The Hall–Kier alpha value is -7.08. The Balaban J connectivity index is 1.25. The molecule has 55 heavy (non-hydrogen) atoms. The van der Waals surface area contributed by atoms with Crippen LogP contribution in [-0.4, -0.2) is 19.1 Å². The predicted molar refractivity (Wildman–Crippen MR) is 232 cm³/mol. The van der Waals surface area contributed by atoms with Crippen molar-refractivity contribution in [3.63, 3.8) is 0 Å². The zero-order chi connectivity index (χ0) is 36.0. The number of hydrogen-bond donors (Lipinski definition) is 0. The number of thiophene rings is 1. The molecule has 4 nitrogen and oxygen atoms in total. The third-order valence-electron chi connectivity index (χ3n) is 11.1. The first-order chi connectivity index (χ1) is 27.3. The van der Waals surface area contributed by atoms with Crippen LogP contribution in [0, 0.1) is 0 Å². The average Bonchev–Trinajstić information content (AvgIpc) is 3.90. The van der Waals surface area contributed by atoms with E-state index in [-0.39, 0.29) is 0 Å². The first kappa shape index (κ1) is 30.4. The van der Waals surface area contributed by atoms with Crippen molar-refractivity contribution in [1.82, 2.24) is 19.1 Å². The Kier molecular flexibility index (Phi) is 6.47. The second-order valence-corrected chi connectivity index (χ2v) is 15.2. The highest BCUT2D eigenvalue weighted by molar-refractivity contribution is 7.27.